The number of nitrogens with one attached hydrogen (secondary N) is 1. The van der Waals surface area contributed by atoms with E-state index in [2.05, 4.69) is 15.5 Å². The van der Waals surface area contributed by atoms with Crippen molar-refractivity contribution in [2.45, 2.75) is 30.3 Å². The van der Waals surface area contributed by atoms with Gasteiger partial charge in [-0.05, 0) is 0 Å². The molecular formula is C26H26ClF6N7O10S2. The maximum absolute atomic E-state index is 13.2. The highest BCUT2D eigenvalue weighted by atomic mass is 35.5. The van der Waals surface area contributed by atoms with Gasteiger partial charge < -0.3 is 46.5 Å². The van der Waals surface area contributed by atoms with E-state index in [9.17, 15) is 45.8 Å². The SMILES string of the molecule is NCCOCCO/N=C(\C(=O)N[C@@H]1C(=O)N2C(C(=O)[O-])=C(C[n+]3ccccc3)CS[C@H]12)c1nc(N)sc1Cl.O=C(O)C(F)(F)F.O=C(O)C(F)(F)F. The minimum absolute atomic E-state index is 0.00744. The van der Waals surface area contributed by atoms with Crippen molar-refractivity contribution in [3.8, 4) is 0 Å². The Balaban J connectivity index is 0.000000564. The van der Waals surface area contributed by atoms with Crippen molar-refractivity contribution in [2.24, 2.45) is 10.9 Å². The van der Waals surface area contributed by atoms with Crippen LogP contribution >= 0.6 is 34.7 Å². The minimum atomic E-state index is -5.08. The predicted octanol–water partition coefficient (Wildman–Crippen LogP) is -0.267. The number of carbonyl (C=O) groups is 5. The molecule has 2 aromatic heterocycles. The van der Waals surface area contributed by atoms with Crippen LogP contribution in [0, 0.1) is 0 Å². The molecule has 2 amide bonds. The maximum atomic E-state index is 13.2. The van der Waals surface area contributed by atoms with E-state index in [0.29, 0.717) is 24.5 Å². The van der Waals surface area contributed by atoms with Gasteiger partial charge in [0.15, 0.2) is 29.8 Å². The Kier molecular flexibility index (Phi) is 16.0. The maximum Gasteiger partial charge on any atom is 0.490 e. The summed E-state index contributed by atoms with van der Waals surface area (Å²) in [6, 6.07) is 4.46. The highest BCUT2D eigenvalue weighted by Gasteiger charge is 2.53. The second-order valence-corrected chi connectivity index (χ2v) is 12.3. The number of thiazole rings is 1. The number of aromatic nitrogens is 2. The van der Waals surface area contributed by atoms with Crippen LogP contribution in [-0.2, 0) is 40.1 Å². The third kappa shape index (κ3) is 12.5. The van der Waals surface area contributed by atoms with Crippen molar-refractivity contribution in [3.05, 3.63) is 51.9 Å². The number of thioether (sulfide) groups is 1. The number of carboxylic acid groups (broad SMARTS) is 3. The predicted molar refractivity (Wildman–Crippen MR) is 165 cm³/mol. The van der Waals surface area contributed by atoms with Crippen LogP contribution in [-0.4, -0.2) is 111 Å². The lowest BCUT2D eigenvalue weighted by atomic mass is 10.0. The number of alkyl halides is 6. The third-order valence-electron chi connectivity index (χ3n) is 5.94. The van der Waals surface area contributed by atoms with Crippen molar-refractivity contribution in [1.82, 2.24) is 15.2 Å². The first kappa shape index (κ1) is 43.4. The monoisotopic (exact) mass is 809 g/mol. The average Bonchev–Trinajstić information content (AvgIpc) is 3.39. The zero-order valence-corrected chi connectivity index (χ0v) is 28.2. The molecule has 0 spiro atoms. The van der Waals surface area contributed by atoms with Gasteiger partial charge in [-0.3, -0.25) is 14.5 Å². The van der Waals surface area contributed by atoms with E-state index in [-0.39, 0.29) is 46.3 Å². The molecule has 0 bridgehead atoms. The number of carboxylic acids is 3. The fourth-order valence-corrected chi connectivity index (χ4v) is 6.07. The molecule has 4 rings (SSSR count). The zero-order chi connectivity index (χ0) is 39.4. The lowest BCUT2D eigenvalue weighted by molar-refractivity contribution is -0.689. The number of pyridine rings is 1. The highest BCUT2D eigenvalue weighted by molar-refractivity contribution is 8.00. The molecule has 2 aliphatic rings. The van der Waals surface area contributed by atoms with Gasteiger partial charge >= 0.3 is 24.3 Å². The van der Waals surface area contributed by atoms with Crippen LogP contribution in [0.5, 0.6) is 0 Å². The number of carbonyl (C=O) groups excluding carboxylic acids is 3. The minimum Gasteiger partial charge on any atom is -0.543 e. The summed E-state index contributed by atoms with van der Waals surface area (Å²) in [6.45, 7) is 1.15. The van der Waals surface area contributed by atoms with E-state index < -0.39 is 53.5 Å². The number of β-lactam (4-membered cyclic amide) rings is 1. The Morgan fingerprint density at radius 1 is 1.08 bits per heavy atom. The fourth-order valence-electron chi connectivity index (χ4n) is 3.81. The molecule has 2 atom stereocenters. The van der Waals surface area contributed by atoms with Crippen LogP contribution in [0.2, 0.25) is 4.34 Å². The Morgan fingerprint density at radius 2 is 1.65 bits per heavy atom. The number of hydrogen-bond donors (Lipinski definition) is 5. The molecule has 4 heterocycles. The molecule has 0 saturated carbocycles. The second kappa shape index (κ2) is 19.2. The van der Waals surface area contributed by atoms with E-state index in [1.165, 1.54) is 11.8 Å². The summed E-state index contributed by atoms with van der Waals surface area (Å²) < 4.78 is 70.6. The number of nitrogen functional groups attached to an aromatic ring is 1. The number of nitrogens with zero attached hydrogens (tertiary/aromatic N) is 4. The smallest absolute Gasteiger partial charge is 0.490 e. The van der Waals surface area contributed by atoms with Crippen LogP contribution in [0.1, 0.15) is 5.69 Å². The van der Waals surface area contributed by atoms with E-state index in [1.54, 1.807) is 17.0 Å². The van der Waals surface area contributed by atoms with E-state index in [0.717, 1.165) is 16.2 Å². The Morgan fingerprint density at radius 3 is 2.13 bits per heavy atom. The molecule has 0 aromatic carbocycles. The lowest BCUT2D eigenvalue weighted by Crippen LogP contribution is -2.71. The van der Waals surface area contributed by atoms with Gasteiger partial charge in [0.25, 0.3) is 11.8 Å². The number of fused-ring (bicyclic) bond motifs is 1. The second-order valence-electron chi connectivity index (χ2n) is 9.60. The Labute approximate surface area is 300 Å². The van der Waals surface area contributed by atoms with Crippen LogP contribution in [0.4, 0.5) is 31.5 Å². The van der Waals surface area contributed by atoms with Gasteiger partial charge in [-0.2, -0.15) is 26.3 Å². The normalized spacial score (nSPS) is 17.0. The van der Waals surface area contributed by atoms with Crippen LogP contribution in [0.25, 0.3) is 0 Å². The van der Waals surface area contributed by atoms with Crippen molar-refractivity contribution >= 4 is 75.3 Å². The number of hydrogen-bond acceptors (Lipinski definition) is 14. The lowest BCUT2D eigenvalue weighted by Gasteiger charge is -2.50. The summed E-state index contributed by atoms with van der Waals surface area (Å²) in [5, 5.41) is 32.2. The average molecular weight is 810 g/mol. The summed E-state index contributed by atoms with van der Waals surface area (Å²) >= 11 is 8.46. The molecule has 17 nitrogen and oxygen atoms in total. The summed E-state index contributed by atoms with van der Waals surface area (Å²) in [7, 11) is 0. The number of oxime groups is 1. The number of rotatable bonds is 12. The summed E-state index contributed by atoms with van der Waals surface area (Å²) in [5.74, 6) is -8.03. The molecule has 26 heteroatoms. The van der Waals surface area contributed by atoms with Gasteiger partial charge in [0.2, 0.25) is 0 Å². The summed E-state index contributed by atoms with van der Waals surface area (Å²) in [6.07, 6.45) is -6.58. The molecule has 52 heavy (non-hydrogen) atoms. The van der Waals surface area contributed by atoms with E-state index >= 15 is 0 Å². The highest BCUT2D eigenvalue weighted by Crippen LogP contribution is 2.40. The summed E-state index contributed by atoms with van der Waals surface area (Å²) in [5.41, 5.74) is 11.1. The molecule has 0 unspecified atom stereocenters. The number of ether oxygens (including phenoxy) is 1. The number of aliphatic carboxylic acids is 3. The fraction of sp³-hybridized carbons (Fsp3) is 0.385. The van der Waals surface area contributed by atoms with Gasteiger partial charge in [-0.1, -0.05) is 34.2 Å². The molecule has 1 saturated heterocycles. The molecule has 7 N–H and O–H groups in total. The van der Waals surface area contributed by atoms with Crippen LogP contribution in [0.3, 0.4) is 0 Å². The number of nitrogens with two attached hydrogens (primary N) is 2. The molecule has 0 aliphatic carbocycles. The quantitative estimate of drug-likeness (QED) is 0.0462. The van der Waals surface area contributed by atoms with Crippen molar-refractivity contribution in [3.63, 3.8) is 0 Å². The number of amides is 2. The molecule has 2 aromatic rings. The number of anilines is 1. The summed E-state index contributed by atoms with van der Waals surface area (Å²) in [4.78, 5) is 66.4. The van der Waals surface area contributed by atoms with Gasteiger partial charge in [-0.25, -0.2) is 19.1 Å². The van der Waals surface area contributed by atoms with E-state index in [4.69, 9.17) is 52.4 Å². The first-order chi connectivity index (χ1) is 24.2. The van der Waals surface area contributed by atoms with Gasteiger partial charge in [0.05, 0.1) is 24.9 Å². The zero-order valence-electron chi connectivity index (χ0n) is 25.9. The first-order valence-electron chi connectivity index (χ1n) is 13.8. The van der Waals surface area contributed by atoms with Gasteiger partial charge in [-0.15, -0.1) is 11.8 Å². The van der Waals surface area contributed by atoms with Gasteiger partial charge in [0.1, 0.15) is 28.1 Å². The molecule has 2 aliphatic heterocycles. The largest absolute Gasteiger partial charge is 0.543 e. The molecular weight excluding hydrogens is 784 g/mol. The number of halogens is 7. The standard InChI is InChI=1S/C22H24ClN7O6S2.2C2HF3O2/c23-17-13(27-22(25)38-17)14(28-36-9-8-35-7-4-24)18(31)26-15-19(32)30-16(21(33)34)12(11-37-20(15)30)10-29-5-2-1-3-6-29;2*3-2(4,5)1(6)7/h1-3,5-6,15,20H,4,7-11,24H2,(H3-,25,26,27,31,33,34);2*(H,6,7)/b28-14-;;/t15-,20-;;/m1../s1. The molecule has 0 radical (unpaired) electrons. The van der Waals surface area contributed by atoms with E-state index in [1.807, 2.05) is 18.2 Å². The Hall–Kier alpha value is -4.72. The third-order valence-corrected chi connectivity index (χ3v) is 8.36. The molecule has 286 valence electrons. The van der Waals surface area contributed by atoms with Crippen LogP contribution in [0.15, 0.2) is 47.0 Å². The topological polar surface area (TPSA) is 264 Å². The van der Waals surface area contributed by atoms with Gasteiger partial charge in [0, 0.05) is 30.0 Å². The molecule has 1 fully saturated rings. The Bertz CT molecular complexity index is 1650. The van der Waals surface area contributed by atoms with Crippen molar-refractivity contribution in [2.75, 3.05) is 37.9 Å². The van der Waals surface area contributed by atoms with Crippen LogP contribution < -0.4 is 26.5 Å². The van der Waals surface area contributed by atoms with Crippen molar-refractivity contribution in [1.29, 1.82) is 0 Å². The van der Waals surface area contributed by atoms with Crippen molar-refractivity contribution < 1.29 is 79.8 Å². The first-order valence-corrected chi connectivity index (χ1v) is 16.1.